The van der Waals surface area contributed by atoms with Crippen molar-refractivity contribution >= 4 is 28.9 Å². The van der Waals surface area contributed by atoms with E-state index in [1.807, 2.05) is 0 Å². The number of halogens is 5. The van der Waals surface area contributed by atoms with Crippen molar-refractivity contribution in [1.82, 2.24) is 24.1 Å². The maximum absolute atomic E-state index is 13.4. The van der Waals surface area contributed by atoms with E-state index in [0.717, 1.165) is 16.7 Å². The number of alkyl halides is 3. The van der Waals surface area contributed by atoms with Gasteiger partial charge in [0.25, 0.3) is 5.56 Å². The first kappa shape index (κ1) is 21.6. The van der Waals surface area contributed by atoms with Crippen molar-refractivity contribution in [2.24, 2.45) is 0 Å². The van der Waals surface area contributed by atoms with Crippen LogP contribution in [0.1, 0.15) is 24.4 Å². The quantitative estimate of drug-likeness (QED) is 0.442. The fourth-order valence-corrected chi connectivity index (χ4v) is 3.37. The van der Waals surface area contributed by atoms with Gasteiger partial charge in [-0.2, -0.15) is 23.3 Å². The summed E-state index contributed by atoms with van der Waals surface area (Å²) in [6, 6.07) is 5.43. The fraction of sp³-hybridized carbons (Fsp3) is 0.158. The smallest absolute Gasteiger partial charge is 0.368 e. The van der Waals surface area contributed by atoms with Gasteiger partial charge >= 0.3 is 6.18 Å². The summed E-state index contributed by atoms with van der Waals surface area (Å²) in [6.45, 7) is 1.48. The van der Waals surface area contributed by atoms with Gasteiger partial charge in [0.15, 0.2) is 5.82 Å². The third-order valence-corrected chi connectivity index (χ3v) is 4.91. The van der Waals surface area contributed by atoms with Gasteiger partial charge in [-0.1, -0.05) is 11.6 Å². The molecule has 0 saturated carbocycles. The van der Waals surface area contributed by atoms with Gasteiger partial charge in [-0.15, -0.1) is 0 Å². The van der Waals surface area contributed by atoms with E-state index in [-0.39, 0.29) is 28.0 Å². The van der Waals surface area contributed by atoms with Crippen molar-refractivity contribution in [2.45, 2.75) is 19.1 Å². The number of rotatable bonds is 4. The van der Waals surface area contributed by atoms with Crippen LogP contribution < -0.4 is 16.6 Å². The van der Waals surface area contributed by atoms with Gasteiger partial charge in [0.2, 0.25) is 5.95 Å². The molecule has 32 heavy (non-hydrogen) atoms. The molecule has 1 unspecified atom stereocenters. The van der Waals surface area contributed by atoms with E-state index in [9.17, 15) is 22.4 Å². The summed E-state index contributed by atoms with van der Waals surface area (Å²) in [6.07, 6.45) is -2.75. The highest BCUT2D eigenvalue weighted by Crippen LogP contribution is 2.35. The molecular weight excluding hydrogens is 454 g/mol. The average Bonchev–Trinajstić information content (AvgIpc) is 3.09. The van der Waals surface area contributed by atoms with E-state index in [0.29, 0.717) is 6.20 Å². The van der Waals surface area contributed by atoms with Crippen molar-refractivity contribution in [3.63, 3.8) is 0 Å². The minimum Gasteiger partial charge on any atom is -0.368 e. The molecule has 3 aromatic heterocycles. The number of anilines is 2. The molecule has 0 spiro atoms. The van der Waals surface area contributed by atoms with Crippen LogP contribution in [0.2, 0.25) is 5.02 Å². The van der Waals surface area contributed by atoms with Crippen molar-refractivity contribution < 1.29 is 17.6 Å². The second-order valence-corrected chi connectivity index (χ2v) is 7.19. The molecule has 13 heteroatoms. The molecule has 8 nitrogen and oxygen atoms in total. The van der Waals surface area contributed by atoms with E-state index in [1.165, 1.54) is 35.8 Å². The number of nitrogens with two attached hydrogens (primary N) is 1. The molecule has 1 atom stereocenters. The maximum atomic E-state index is 13.4. The van der Waals surface area contributed by atoms with Gasteiger partial charge in [0.05, 0.1) is 16.8 Å². The predicted octanol–water partition coefficient (Wildman–Crippen LogP) is 3.84. The normalized spacial score (nSPS) is 12.8. The van der Waals surface area contributed by atoms with Gasteiger partial charge in [-0.25, -0.2) is 13.9 Å². The Hall–Kier alpha value is -3.67. The number of nitrogen functional groups attached to an aromatic ring is 1. The van der Waals surface area contributed by atoms with Crippen LogP contribution in [0.3, 0.4) is 0 Å². The lowest BCUT2D eigenvalue weighted by molar-refractivity contribution is -0.137. The number of nitrogens with zero attached hydrogens (tertiary/aromatic N) is 5. The number of hydrogen-bond acceptors (Lipinski definition) is 6. The van der Waals surface area contributed by atoms with Crippen molar-refractivity contribution in [2.75, 3.05) is 11.1 Å². The largest absolute Gasteiger partial charge is 0.421 e. The number of benzene rings is 1. The van der Waals surface area contributed by atoms with Crippen LogP contribution in [0.5, 0.6) is 0 Å². The zero-order valence-corrected chi connectivity index (χ0v) is 17.0. The van der Waals surface area contributed by atoms with Crippen LogP contribution in [-0.2, 0) is 6.18 Å². The Balaban J connectivity index is 1.89. The summed E-state index contributed by atoms with van der Waals surface area (Å²) < 4.78 is 56.0. The Bertz CT molecular complexity index is 1370. The Morgan fingerprint density at radius 2 is 1.88 bits per heavy atom. The highest BCUT2D eigenvalue weighted by molar-refractivity contribution is 6.33. The zero-order chi connectivity index (χ0) is 23.2. The van der Waals surface area contributed by atoms with E-state index in [1.54, 1.807) is 0 Å². The van der Waals surface area contributed by atoms with Gasteiger partial charge < -0.3 is 11.1 Å². The molecule has 0 radical (unpaired) electrons. The van der Waals surface area contributed by atoms with Crippen molar-refractivity contribution in [3.8, 4) is 5.69 Å². The molecule has 3 N–H and O–H groups in total. The number of nitrogens with one attached hydrogen (secondary N) is 1. The van der Waals surface area contributed by atoms with Crippen molar-refractivity contribution in [3.05, 3.63) is 75.3 Å². The minimum atomic E-state index is -4.75. The van der Waals surface area contributed by atoms with Gasteiger partial charge in [-0.3, -0.25) is 9.36 Å². The van der Waals surface area contributed by atoms with Crippen LogP contribution in [0.15, 0.2) is 47.5 Å². The Labute approximate surface area is 182 Å². The standard InChI is InChI=1S/C19H14ClF4N7O/c1-9(27-15-12(19(22,23)24)8-26-18(25)28-15)16-29-30-7-6-13(20)14(30)17(32)31(16)11-4-2-10(21)3-5-11/h2-9H,1H3,(H3,25,26,27,28). The second kappa shape index (κ2) is 7.79. The minimum absolute atomic E-state index is 0.0201. The third kappa shape index (κ3) is 3.84. The first-order valence-corrected chi connectivity index (χ1v) is 9.46. The average molecular weight is 468 g/mol. The van der Waals surface area contributed by atoms with Gasteiger partial charge in [0.1, 0.15) is 22.7 Å². The predicted molar refractivity (Wildman–Crippen MR) is 109 cm³/mol. The first-order valence-electron chi connectivity index (χ1n) is 9.08. The highest BCUT2D eigenvalue weighted by Gasteiger charge is 2.36. The monoisotopic (exact) mass is 467 g/mol. The Morgan fingerprint density at radius 1 is 1.19 bits per heavy atom. The molecule has 0 aliphatic heterocycles. The molecule has 4 rings (SSSR count). The third-order valence-electron chi connectivity index (χ3n) is 4.60. The van der Waals surface area contributed by atoms with Crippen LogP contribution in [-0.4, -0.2) is 24.1 Å². The van der Waals surface area contributed by atoms with E-state index < -0.39 is 35.0 Å². The van der Waals surface area contributed by atoms with Crippen LogP contribution in [0.4, 0.5) is 29.3 Å². The molecule has 1 aromatic carbocycles. The number of hydrogen-bond donors (Lipinski definition) is 2. The first-order chi connectivity index (χ1) is 15.1. The van der Waals surface area contributed by atoms with E-state index >= 15 is 0 Å². The highest BCUT2D eigenvalue weighted by atomic mass is 35.5. The van der Waals surface area contributed by atoms with Gasteiger partial charge in [0, 0.05) is 12.4 Å². The lowest BCUT2D eigenvalue weighted by Gasteiger charge is -2.21. The van der Waals surface area contributed by atoms with Crippen LogP contribution in [0, 0.1) is 5.82 Å². The summed E-state index contributed by atoms with van der Waals surface area (Å²) in [4.78, 5) is 20.3. The second-order valence-electron chi connectivity index (χ2n) is 6.79. The van der Waals surface area contributed by atoms with Crippen LogP contribution in [0.25, 0.3) is 11.2 Å². The number of aromatic nitrogens is 5. The summed E-state index contributed by atoms with van der Waals surface area (Å²) in [7, 11) is 0. The van der Waals surface area contributed by atoms with Crippen molar-refractivity contribution in [1.29, 1.82) is 0 Å². The summed E-state index contributed by atoms with van der Waals surface area (Å²) >= 11 is 6.11. The zero-order valence-electron chi connectivity index (χ0n) is 16.2. The molecule has 0 fully saturated rings. The molecular formula is C19H14ClF4N7O. The molecule has 0 aliphatic carbocycles. The molecule has 0 bridgehead atoms. The summed E-state index contributed by atoms with van der Waals surface area (Å²) in [5.74, 6) is -1.46. The molecule has 166 valence electrons. The molecule has 3 heterocycles. The van der Waals surface area contributed by atoms with Gasteiger partial charge in [-0.05, 0) is 37.3 Å². The van der Waals surface area contributed by atoms with E-state index in [2.05, 4.69) is 20.4 Å². The fourth-order valence-electron chi connectivity index (χ4n) is 3.15. The summed E-state index contributed by atoms with van der Waals surface area (Å²) in [5, 5.41) is 7.08. The Morgan fingerprint density at radius 3 is 2.53 bits per heavy atom. The summed E-state index contributed by atoms with van der Waals surface area (Å²) in [5.41, 5.74) is 4.02. The maximum Gasteiger partial charge on any atom is 0.421 e. The number of fused-ring (bicyclic) bond motifs is 1. The topological polar surface area (TPSA) is 103 Å². The molecule has 0 aliphatic rings. The SMILES string of the molecule is CC(Nc1nc(N)ncc1C(F)(F)F)c1nn2ccc(Cl)c2c(=O)n1-c1ccc(F)cc1. The molecule has 0 saturated heterocycles. The van der Waals surface area contributed by atoms with E-state index in [4.69, 9.17) is 17.3 Å². The van der Waals surface area contributed by atoms with Crippen LogP contribution >= 0.6 is 11.6 Å². The molecule has 4 aromatic rings. The lowest BCUT2D eigenvalue weighted by Crippen LogP contribution is -2.30. The Kier molecular flexibility index (Phi) is 5.25. The molecule has 0 amide bonds. The lowest BCUT2D eigenvalue weighted by atomic mass is 10.2.